The Morgan fingerprint density at radius 1 is 1.24 bits per heavy atom. The van der Waals surface area contributed by atoms with E-state index in [-0.39, 0.29) is 11.3 Å². The molecule has 1 rings (SSSR count). The number of halogens is 1. The minimum atomic E-state index is 0.0217. The number of aromatic nitrogens is 3. The number of anilines is 2. The molecule has 7 heteroatoms. The first-order valence-corrected chi connectivity index (χ1v) is 5.52. The SMILES string of the molecule is CC(CC#N)N(C)c1nc(Cl)nc(N(C)C)n1. The number of hydrogen-bond acceptors (Lipinski definition) is 6. The van der Waals surface area contributed by atoms with Crippen molar-refractivity contribution < 1.29 is 0 Å². The zero-order valence-corrected chi connectivity index (χ0v) is 11.1. The largest absolute Gasteiger partial charge is 0.347 e. The van der Waals surface area contributed by atoms with Crippen LogP contribution in [-0.2, 0) is 0 Å². The number of hydrogen-bond donors (Lipinski definition) is 0. The van der Waals surface area contributed by atoms with E-state index in [4.69, 9.17) is 16.9 Å². The van der Waals surface area contributed by atoms with E-state index < -0.39 is 0 Å². The van der Waals surface area contributed by atoms with Crippen LogP contribution in [0, 0.1) is 11.3 Å². The lowest BCUT2D eigenvalue weighted by Gasteiger charge is -2.23. The van der Waals surface area contributed by atoms with E-state index in [1.54, 1.807) is 4.90 Å². The van der Waals surface area contributed by atoms with Crippen molar-refractivity contribution in [3.8, 4) is 6.07 Å². The quantitative estimate of drug-likeness (QED) is 0.807. The van der Waals surface area contributed by atoms with Crippen LogP contribution in [-0.4, -0.2) is 42.1 Å². The van der Waals surface area contributed by atoms with Crippen LogP contribution >= 0.6 is 11.6 Å². The van der Waals surface area contributed by atoms with E-state index in [0.717, 1.165) is 0 Å². The molecule has 0 bridgehead atoms. The van der Waals surface area contributed by atoms with Gasteiger partial charge in [-0.05, 0) is 18.5 Å². The second-order valence-corrected chi connectivity index (χ2v) is 4.26. The maximum Gasteiger partial charge on any atom is 0.231 e. The van der Waals surface area contributed by atoms with E-state index >= 15 is 0 Å². The van der Waals surface area contributed by atoms with Gasteiger partial charge in [-0.15, -0.1) is 0 Å². The molecule has 0 aliphatic heterocycles. The fourth-order valence-corrected chi connectivity index (χ4v) is 1.30. The molecule has 1 aromatic rings. The molecule has 6 nitrogen and oxygen atoms in total. The van der Waals surface area contributed by atoms with Gasteiger partial charge >= 0.3 is 0 Å². The third-order valence-electron chi connectivity index (χ3n) is 2.35. The van der Waals surface area contributed by atoms with Crippen molar-refractivity contribution in [3.05, 3.63) is 5.28 Å². The van der Waals surface area contributed by atoms with Crippen LogP contribution in [0.3, 0.4) is 0 Å². The molecule has 0 aromatic carbocycles. The monoisotopic (exact) mass is 254 g/mol. The highest BCUT2D eigenvalue weighted by atomic mass is 35.5. The lowest BCUT2D eigenvalue weighted by Crippen LogP contribution is -2.30. The number of nitrogens with zero attached hydrogens (tertiary/aromatic N) is 6. The molecule has 0 N–H and O–H groups in total. The normalized spacial score (nSPS) is 11.8. The molecule has 0 aliphatic carbocycles. The van der Waals surface area contributed by atoms with Crippen LogP contribution in [0.2, 0.25) is 5.28 Å². The first-order chi connectivity index (χ1) is 7.95. The molecule has 1 unspecified atom stereocenters. The first kappa shape index (κ1) is 13.5. The van der Waals surface area contributed by atoms with Gasteiger partial charge in [-0.2, -0.15) is 20.2 Å². The smallest absolute Gasteiger partial charge is 0.231 e. The van der Waals surface area contributed by atoms with Crippen molar-refractivity contribution in [2.45, 2.75) is 19.4 Å². The second-order valence-electron chi connectivity index (χ2n) is 3.92. The molecular formula is C10H15ClN6. The van der Waals surface area contributed by atoms with Crippen LogP contribution in [0.1, 0.15) is 13.3 Å². The first-order valence-electron chi connectivity index (χ1n) is 5.14. The van der Waals surface area contributed by atoms with Crippen LogP contribution in [0.25, 0.3) is 0 Å². The van der Waals surface area contributed by atoms with Crippen molar-refractivity contribution in [1.29, 1.82) is 5.26 Å². The van der Waals surface area contributed by atoms with Gasteiger partial charge in [0.1, 0.15) is 0 Å². The van der Waals surface area contributed by atoms with Crippen LogP contribution < -0.4 is 9.80 Å². The van der Waals surface area contributed by atoms with E-state index in [0.29, 0.717) is 18.3 Å². The van der Waals surface area contributed by atoms with Crippen molar-refractivity contribution in [2.24, 2.45) is 0 Å². The van der Waals surface area contributed by atoms with Gasteiger partial charge in [0, 0.05) is 27.2 Å². The Morgan fingerprint density at radius 2 is 1.82 bits per heavy atom. The third kappa shape index (κ3) is 3.43. The molecule has 17 heavy (non-hydrogen) atoms. The van der Waals surface area contributed by atoms with E-state index in [9.17, 15) is 0 Å². The highest BCUT2D eigenvalue weighted by molar-refractivity contribution is 6.28. The van der Waals surface area contributed by atoms with Crippen LogP contribution in [0.4, 0.5) is 11.9 Å². The summed E-state index contributed by atoms with van der Waals surface area (Å²) in [6, 6.07) is 2.14. The Bertz CT molecular complexity index is 427. The summed E-state index contributed by atoms with van der Waals surface area (Å²) in [6.07, 6.45) is 0.400. The number of nitriles is 1. The Kier molecular flexibility index (Phi) is 4.46. The van der Waals surface area contributed by atoms with Gasteiger partial charge in [0.25, 0.3) is 0 Å². The van der Waals surface area contributed by atoms with Crippen molar-refractivity contribution in [2.75, 3.05) is 30.9 Å². The van der Waals surface area contributed by atoms with Gasteiger partial charge < -0.3 is 9.80 Å². The summed E-state index contributed by atoms with van der Waals surface area (Å²) < 4.78 is 0. The number of rotatable bonds is 4. The Hall–Kier alpha value is -1.61. The molecule has 1 aromatic heterocycles. The molecule has 0 fully saturated rings. The second kappa shape index (κ2) is 5.64. The van der Waals surface area contributed by atoms with Gasteiger partial charge in [0.05, 0.1) is 12.5 Å². The maximum absolute atomic E-state index is 8.67. The van der Waals surface area contributed by atoms with Crippen LogP contribution in [0.15, 0.2) is 0 Å². The molecular weight excluding hydrogens is 240 g/mol. The molecule has 1 atom stereocenters. The van der Waals surface area contributed by atoms with Crippen molar-refractivity contribution in [3.63, 3.8) is 0 Å². The predicted molar refractivity (Wildman–Crippen MR) is 67.3 cm³/mol. The minimum Gasteiger partial charge on any atom is -0.347 e. The lowest BCUT2D eigenvalue weighted by atomic mass is 10.2. The van der Waals surface area contributed by atoms with E-state index in [1.165, 1.54) is 0 Å². The summed E-state index contributed by atoms with van der Waals surface area (Å²) >= 11 is 5.84. The molecule has 92 valence electrons. The topological polar surface area (TPSA) is 68.9 Å². The molecule has 1 heterocycles. The molecule has 0 aliphatic rings. The van der Waals surface area contributed by atoms with Gasteiger partial charge in [0.2, 0.25) is 17.2 Å². The third-order valence-corrected chi connectivity index (χ3v) is 2.52. The highest BCUT2D eigenvalue weighted by Crippen LogP contribution is 2.16. The summed E-state index contributed by atoms with van der Waals surface area (Å²) in [7, 11) is 5.48. The van der Waals surface area contributed by atoms with E-state index in [1.807, 2.05) is 33.0 Å². The standard InChI is InChI=1S/C10H15ClN6/c1-7(5-6-12)17(4)10-14-8(11)13-9(15-10)16(2)3/h7H,5H2,1-4H3. The summed E-state index contributed by atoms with van der Waals surface area (Å²) in [4.78, 5) is 15.9. The lowest BCUT2D eigenvalue weighted by molar-refractivity contribution is 0.680. The van der Waals surface area contributed by atoms with Gasteiger partial charge in [-0.25, -0.2) is 0 Å². The Morgan fingerprint density at radius 3 is 2.35 bits per heavy atom. The van der Waals surface area contributed by atoms with Crippen molar-refractivity contribution >= 4 is 23.5 Å². The maximum atomic E-state index is 8.67. The molecule has 0 radical (unpaired) electrons. The van der Waals surface area contributed by atoms with Gasteiger partial charge in [0.15, 0.2) is 0 Å². The molecule has 0 saturated carbocycles. The fourth-order valence-electron chi connectivity index (χ4n) is 1.15. The zero-order valence-electron chi connectivity index (χ0n) is 10.3. The average Bonchev–Trinajstić information content (AvgIpc) is 2.27. The highest BCUT2D eigenvalue weighted by Gasteiger charge is 2.15. The Labute approximate surface area is 106 Å². The summed E-state index contributed by atoms with van der Waals surface area (Å²) in [5.41, 5.74) is 0. The summed E-state index contributed by atoms with van der Waals surface area (Å²) in [6.45, 7) is 1.93. The van der Waals surface area contributed by atoms with Crippen molar-refractivity contribution in [1.82, 2.24) is 15.0 Å². The summed E-state index contributed by atoms with van der Waals surface area (Å²) in [5, 5.41) is 8.81. The van der Waals surface area contributed by atoms with Gasteiger partial charge in [-0.3, -0.25) is 0 Å². The molecule has 0 saturated heterocycles. The van der Waals surface area contributed by atoms with E-state index in [2.05, 4.69) is 21.0 Å². The summed E-state index contributed by atoms with van der Waals surface area (Å²) in [5.74, 6) is 0.965. The van der Waals surface area contributed by atoms with Gasteiger partial charge in [-0.1, -0.05) is 0 Å². The zero-order chi connectivity index (χ0) is 13.0. The predicted octanol–water partition coefficient (Wildman–Crippen LogP) is 1.33. The van der Waals surface area contributed by atoms with Crippen LogP contribution in [0.5, 0.6) is 0 Å². The Balaban J connectivity index is 3.01. The molecule has 0 amide bonds. The minimum absolute atomic E-state index is 0.0217. The average molecular weight is 255 g/mol. The fraction of sp³-hybridized carbons (Fsp3) is 0.600. The molecule has 0 spiro atoms.